The summed E-state index contributed by atoms with van der Waals surface area (Å²) in [5, 5.41) is 5.68. The molecule has 0 bridgehead atoms. The fourth-order valence-electron chi connectivity index (χ4n) is 3.71. The van der Waals surface area contributed by atoms with Gasteiger partial charge in [0.05, 0.1) is 10.2 Å². The van der Waals surface area contributed by atoms with Crippen LogP contribution in [0.4, 0.5) is 0 Å². The van der Waals surface area contributed by atoms with Crippen molar-refractivity contribution in [3.63, 3.8) is 0 Å². The zero-order valence-corrected chi connectivity index (χ0v) is 13.2. The van der Waals surface area contributed by atoms with E-state index in [1.165, 1.54) is 42.4 Å². The van der Waals surface area contributed by atoms with E-state index in [0.717, 1.165) is 17.4 Å². The maximum Gasteiger partial charge on any atom is 0.0809 e. The quantitative estimate of drug-likeness (QED) is 0.876. The summed E-state index contributed by atoms with van der Waals surface area (Å²) in [6, 6.07) is 4.90. The smallest absolute Gasteiger partial charge is 0.0809 e. The lowest BCUT2D eigenvalue weighted by Crippen LogP contribution is -2.29. The predicted octanol–water partition coefficient (Wildman–Crippen LogP) is 4.77. The van der Waals surface area contributed by atoms with Crippen LogP contribution in [0.2, 0.25) is 0 Å². The summed E-state index contributed by atoms with van der Waals surface area (Å²) < 4.78 is 1.31. The third-order valence-corrected chi connectivity index (χ3v) is 5.72. The van der Waals surface area contributed by atoms with Gasteiger partial charge in [0.1, 0.15) is 0 Å². The van der Waals surface area contributed by atoms with Crippen LogP contribution in [-0.2, 0) is 0 Å². The van der Waals surface area contributed by atoms with Crippen molar-refractivity contribution in [3.8, 4) is 0 Å². The van der Waals surface area contributed by atoms with E-state index < -0.39 is 0 Å². The van der Waals surface area contributed by atoms with Gasteiger partial charge < -0.3 is 5.32 Å². The molecule has 1 fully saturated rings. The predicted molar refractivity (Wildman–Crippen MR) is 87.2 cm³/mol. The minimum absolute atomic E-state index is 0.461. The molecule has 0 spiro atoms. The fourth-order valence-corrected chi connectivity index (χ4v) is 4.50. The summed E-state index contributed by atoms with van der Waals surface area (Å²) in [7, 11) is 2.10. The molecule has 1 saturated carbocycles. The molecule has 1 aliphatic rings. The number of rotatable bonds is 4. The first-order valence-electron chi connectivity index (χ1n) is 7.82. The molecule has 20 heavy (non-hydrogen) atoms. The van der Waals surface area contributed by atoms with E-state index in [-0.39, 0.29) is 0 Å². The molecule has 2 heterocycles. The number of hydrogen-bond donors (Lipinski definition) is 1. The number of nitrogens with zero attached hydrogens (tertiary/aromatic N) is 1. The first kappa shape index (κ1) is 14.0. The van der Waals surface area contributed by atoms with Crippen LogP contribution >= 0.6 is 11.3 Å². The van der Waals surface area contributed by atoms with Crippen molar-refractivity contribution in [3.05, 3.63) is 29.3 Å². The Balaban J connectivity index is 1.84. The number of fused-ring (bicyclic) bond motifs is 1. The van der Waals surface area contributed by atoms with E-state index in [4.69, 9.17) is 0 Å². The minimum Gasteiger partial charge on any atom is -0.313 e. The SMILES string of the molecule is CCC1CCCC(C(NC)c2cnc3ccsc3c2)C1. The second-order valence-corrected chi connectivity index (χ2v) is 6.99. The van der Waals surface area contributed by atoms with E-state index in [1.54, 1.807) is 11.3 Å². The Morgan fingerprint density at radius 1 is 1.45 bits per heavy atom. The summed E-state index contributed by atoms with van der Waals surface area (Å²) in [5.41, 5.74) is 2.49. The van der Waals surface area contributed by atoms with Crippen molar-refractivity contribution in [2.24, 2.45) is 11.8 Å². The van der Waals surface area contributed by atoms with Crippen LogP contribution in [0.25, 0.3) is 10.2 Å². The van der Waals surface area contributed by atoms with Gasteiger partial charge in [0.25, 0.3) is 0 Å². The summed E-state index contributed by atoms with van der Waals surface area (Å²) in [6.07, 6.45) is 8.93. The number of hydrogen-bond acceptors (Lipinski definition) is 3. The second kappa shape index (κ2) is 6.23. The van der Waals surface area contributed by atoms with Crippen LogP contribution in [0.3, 0.4) is 0 Å². The maximum absolute atomic E-state index is 4.61. The Hall–Kier alpha value is -0.930. The van der Waals surface area contributed by atoms with Crippen LogP contribution in [0.1, 0.15) is 50.6 Å². The molecule has 3 heteroatoms. The van der Waals surface area contributed by atoms with Crippen LogP contribution in [0.5, 0.6) is 0 Å². The van der Waals surface area contributed by atoms with Crippen molar-refractivity contribution in [2.75, 3.05) is 7.05 Å². The van der Waals surface area contributed by atoms with Crippen molar-refractivity contribution in [2.45, 2.75) is 45.1 Å². The molecular weight excluding hydrogens is 264 g/mol. The third-order valence-electron chi connectivity index (χ3n) is 4.87. The molecule has 3 rings (SSSR count). The molecule has 2 nitrogen and oxygen atoms in total. The number of nitrogens with one attached hydrogen (secondary N) is 1. The Kier molecular flexibility index (Phi) is 4.37. The molecular formula is C17H24N2S. The summed E-state index contributed by atoms with van der Waals surface area (Å²) in [4.78, 5) is 4.61. The topological polar surface area (TPSA) is 24.9 Å². The molecule has 0 radical (unpaired) electrons. The van der Waals surface area contributed by atoms with Crippen LogP contribution < -0.4 is 5.32 Å². The molecule has 0 aromatic carbocycles. The Morgan fingerprint density at radius 3 is 3.15 bits per heavy atom. The van der Waals surface area contributed by atoms with Gasteiger partial charge in [-0.15, -0.1) is 11.3 Å². The maximum atomic E-state index is 4.61. The highest BCUT2D eigenvalue weighted by Gasteiger charge is 2.28. The average molecular weight is 288 g/mol. The van der Waals surface area contributed by atoms with Gasteiger partial charge >= 0.3 is 0 Å². The molecule has 3 unspecified atom stereocenters. The molecule has 3 atom stereocenters. The first-order valence-corrected chi connectivity index (χ1v) is 8.70. The van der Waals surface area contributed by atoms with E-state index in [9.17, 15) is 0 Å². The van der Waals surface area contributed by atoms with E-state index in [0.29, 0.717) is 6.04 Å². The van der Waals surface area contributed by atoms with Crippen molar-refractivity contribution >= 4 is 21.6 Å². The summed E-state index contributed by atoms with van der Waals surface area (Å²) in [6.45, 7) is 2.33. The van der Waals surface area contributed by atoms with Gasteiger partial charge in [-0.1, -0.05) is 26.2 Å². The second-order valence-electron chi connectivity index (χ2n) is 6.04. The van der Waals surface area contributed by atoms with Gasteiger partial charge in [-0.3, -0.25) is 4.98 Å². The highest BCUT2D eigenvalue weighted by molar-refractivity contribution is 7.17. The Labute approximate surface area is 125 Å². The molecule has 0 aliphatic heterocycles. The van der Waals surface area contributed by atoms with Crippen molar-refractivity contribution in [1.82, 2.24) is 10.3 Å². The van der Waals surface area contributed by atoms with E-state index in [2.05, 4.69) is 48.0 Å². The van der Waals surface area contributed by atoms with Crippen molar-refractivity contribution < 1.29 is 0 Å². The van der Waals surface area contributed by atoms with E-state index in [1.807, 2.05) is 0 Å². The lowest BCUT2D eigenvalue weighted by molar-refractivity contribution is 0.214. The zero-order chi connectivity index (χ0) is 13.9. The highest BCUT2D eigenvalue weighted by Crippen LogP contribution is 2.38. The van der Waals surface area contributed by atoms with Crippen LogP contribution in [0.15, 0.2) is 23.7 Å². The third kappa shape index (κ3) is 2.75. The number of thiophene rings is 1. The Morgan fingerprint density at radius 2 is 2.35 bits per heavy atom. The monoisotopic (exact) mass is 288 g/mol. The lowest BCUT2D eigenvalue weighted by Gasteiger charge is -2.34. The van der Waals surface area contributed by atoms with Gasteiger partial charge in [-0.05, 0) is 54.8 Å². The summed E-state index contributed by atoms with van der Waals surface area (Å²) in [5.74, 6) is 1.68. The largest absolute Gasteiger partial charge is 0.313 e. The molecule has 2 aromatic rings. The molecule has 108 valence electrons. The highest BCUT2D eigenvalue weighted by atomic mass is 32.1. The number of aromatic nitrogens is 1. The minimum atomic E-state index is 0.461. The molecule has 1 aliphatic carbocycles. The normalized spacial score (nSPS) is 24.9. The van der Waals surface area contributed by atoms with Gasteiger partial charge in [-0.25, -0.2) is 0 Å². The van der Waals surface area contributed by atoms with Gasteiger partial charge in [0, 0.05) is 12.2 Å². The van der Waals surface area contributed by atoms with Crippen LogP contribution in [0, 0.1) is 11.8 Å². The Bertz CT molecular complexity index is 563. The zero-order valence-electron chi connectivity index (χ0n) is 12.4. The average Bonchev–Trinajstić information content (AvgIpc) is 2.96. The van der Waals surface area contributed by atoms with Gasteiger partial charge in [0.15, 0.2) is 0 Å². The van der Waals surface area contributed by atoms with Gasteiger partial charge in [-0.2, -0.15) is 0 Å². The molecule has 2 aromatic heterocycles. The summed E-state index contributed by atoms with van der Waals surface area (Å²) >= 11 is 1.79. The lowest BCUT2D eigenvalue weighted by atomic mass is 9.75. The first-order chi connectivity index (χ1) is 9.81. The molecule has 1 N–H and O–H groups in total. The molecule has 0 saturated heterocycles. The van der Waals surface area contributed by atoms with Crippen LogP contribution in [-0.4, -0.2) is 12.0 Å². The van der Waals surface area contributed by atoms with Gasteiger partial charge in [0.2, 0.25) is 0 Å². The fraction of sp³-hybridized carbons (Fsp3) is 0.588. The molecule has 0 amide bonds. The standard InChI is InChI=1S/C17H24N2S/c1-3-12-5-4-6-13(9-12)17(18-2)14-10-16-15(19-11-14)7-8-20-16/h7-8,10-13,17-18H,3-6,9H2,1-2H3. The van der Waals surface area contributed by atoms with E-state index >= 15 is 0 Å². The number of pyridine rings is 1. The van der Waals surface area contributed by atoms with Crippen molar-refractivity contribution in [1.29, 1.82) is 0 Å².